The number of piperazine rings is 1. The number of rotatable bonds is 2. The first kappa shape index (κ1) is 15.2. The fourth-order valence-corrected chi connectivity index (χ4v) is 2.14. The van der Waals surface area contributed by atoms with Gasteiger partial charge in [-0.15, -0.1) is 0 Å². The van der Waals surface area contributed by atoms with Gasteiger partial charge in [0.1, 0.15) is 6.61 Å². The highest BCUT2D eigenvalue weighted by molar-refractivity contribution is 6.02. The molecule has 1 aliphatic rings. The molecule has 5 nitrogen and oxygen atoms in total. The Morgan fingerprint density at radius 2 is 1.95 bits per heavy atom. The van der Waals surface area contributed by atoms with Gasteiger partial charge in [0.15, 0.2) is 0 Å². The van der Waals surface area contributed by atoms with Gasteiger partial charge in [0, 0.05) is 12.1 Å². The Labute approximate surface area is 124 Å². The number of carbonyl (C=O) groups excluding carboxylic acids is 2. The molecule has 5 heteroatoms. The molecule has 110 valence electrons. The van der Waals surface area contributed by atoms with Gasteiger partial charge in [-0.25, -0.2) is 0 Å². The first-order chi connectivity index (χ1) is 9.93. The van der Waals surface area contributed by atoms with Crippen molar-refractivity contribution in [3.8, 4) is 11.8 Å². The highest BCUT2D eigenvalue weighted by Gasteiger charge is 2.40. The molecule has 1 aromatic carbocycles. The van der Waals surface area contributed by atoms with Crippen molar-refractivity contribution < 1.29 is 14.7 Å². The van der Waals surface area contributed by atoms with E-state index in [1.807, 2.05) is 29.2 Å². The van der Waals surface area contributed by atoms with Crippen LogP contribution in [-0.4, -0.2) is 40.5 Å². The van der Waals surface area contributed by atoms with E-state index in [1.54, 1.807) is 13.8 Å². The number of imide groups is 1. The van der Waals surface area contributed by atoms with Crippen molar-refractivity contribution in [2.75, 3.05) is 13.2 Å². The summed E-state index contributed by atoms with van der Waals surface area (Å²) in [5.41, 5.74) is 1.10. The number of nitrogens with one attached hydrogen (secondary N) is 1. The SMILES string of the molecule is CC1(C)C(=O)NC(=O)CN1Cc1ccc(C#CCO)cc1. The number of aliphatic hydroxyl groups is 1. The van der Waals surface area contributed by atoms with Crippen LogP contribution in [0.3, 0.4) is 0 Å². The smallest absolute Gasteiger partial charge is 0.246 e. The minimum absolute atomic E-state index is 0.166. The van der Waals surface area contributed by atoms with Crippen molar-refractivity contribution in [2.45, 2.75) is 25.9 Å². The molecule has 2 rings (SSSR count). The summed E-state index contributed by atoms with van der Waals surface area (Å²) in [6, 6.07) is 7.54. The van der Waals surface area contributed by atoms with Crippen LogP contribution in [0.15, 0.2) is 24.3 Å². The van der Waals surface area contributed by atoms with Gasteiger partial charge in [-0.3, -0.25) is 19.8 Å². The molecule has 2 amide bonds. The Kier molecular flexibility index (Phi) is 4.41. The maximum Gasteiger partial charge on any atom is 0.246 e. The molecule has 0 aromatic heterocycles. The predicted octanol–water partition coefficient (Wildman–Crippen LogP) is 0.267. The lowest BCUT2D eigenvalue weighted by Crippen LogP contribution is -2.63. The average Bonchev–Trinajstić information content (AvgIpc) is 2.44. The van der Waals surface area contributed by atoms with Crippen molar-refractivity contribution in [3.63, 3.8) is 0 Å². The Hall–Kier alpha value is -2.16. The van der Waals surface area contributed by atoms with Crippen molar-refractivity contribution in [2.24, 2.45) is 0 Å². The average molecular weight is 286 g/mol. The molecule has 0 aliphatic carbocycles. The minimum atomic E-state index is -0.719. The van der Waals surface area contributed by atoms with E-state index >= 15 is 0 Å². The van der Waals surface area contributed by atoms with Crippen molar-refractivity contribution in [1.82, 2.24) is 10.2 Å². The Morgan fingerprint density at radius 1 is 1.29 bits per heavy atom. The number of benzene rings is 1. The van der Waals surface area contributed by atoms with Gasteiger partial charge < -0.3 is 5.11 Å². The molecule has 0 radical (unpaired) electrons. The van der Waals surface area contributed by atoms with Crippen molar-refractivity contribution >= 4 is 11.8 Å². The van der Waals surface area contributed by atoms with E-state index in [9.17, 15) is 9.59 Å². The second-order valence-electron chi connectivity index (χ2n) is 5.45. The van der Waals surface area contributed by atoms with Crippen LogP contribution in [0.1, 0.15) is 25.0 Å². The zero-order chi connectivity index (χ0) is 15.5. The van der Waals surface area contributed by atoms with Crippen LogP contribution in [0.5, 0.6) is 0 Å². The third kappa shape index (κ3) is 3.48. The fraction of sp³-hybridized carbons (Fsp3) is 0.375. The van der Waals surface area contributed by atoms with Crippen LogP contribution in [0.25, 0.3) is 0 Å². The van der Waals surface area contributed by atoms with Crippen molar-refractivity contribution in [3.05, 3.63) is 35.4 Å². The van der Waals surface area contributed by atoms with E-state index in [0.29, 0.717) is 6.54 Å². The van der Waals surface area contributed by atoms with Crippen LogP contribution in [0.4, 0.5) is 0 Å². The second-order valence-corrected chi connectivity index (χ2v) is 5.45. The first-order valence-corrected chi connectivity index (χ1v) is 6.71. The van der Waals surface area contributed by atoms with Crippen LogP contribution < -0.4 is 5.32 Å². The van der Waals surface area contributed by atoms with Crippen LogP contribution in [0, 0.1) is 11.8 Å². The normalized spacial score (nSPS) is 17.9. The Bertz CT molecular complexity index is 609. The molecule has 21 heavy (non-hydrogen) atoms. The number of amides is 2. The Morgan fingerprint density at radius 3 is 2.57 bits per heavy atom. The molecule has 1 aromatic rings. The maximum absolute atomic E-state index is 11.9. The van der Waals surface area contributed by atoms with E-state index in [0.717, 1.165) is 11.1 Å². The number of hydrogen-bond donors (Lipinski definition) is 2. The summed E-state index contributed by atoms with van der Waals surface area (Å²) in [4.78, 5) is 25.3. The predicted molar refractivity (Wildman–Crippen MR) is 78.0 cm³/mol. The van der Waals surface area contributed by atoms with Crippen LogP contribution in [0.2, 0.25) is 0 Å². The molecule has 1 saturated heterocycles. The lowest BCUT2D eigenvalue weighted by atomic mass is 9.97. The summed E-state index contributed by atoms with van der Waals surface area (Å²) in [5.74, 6) is 4.86. The molecule has 2 N–H and O–H groups in total. The number of hydrogen-bond acceptors (Lipinski definition) is 4. The highest BCUT2D eigenvalue weighted by atomic mass is 16.2. The quantitative estimate of drug-likeness (QED) is 0.605. The zero-order valence-electron chi connectivity index (χ0n) is 12.1. The van der Waals surface area contributed by atoms with Gasteiger partial charge in [0.2, 0.25) is 11.8 Å². The lowest BCUT2D eigenvalue weighted by Gasteiger charge is -2.40. The topological polar surface area (TPSA) is 69.6 Å². The van der Waals surface area contributed by atoms with Crippen LogP contribution in [-0.2, 0) is 16.1 Å². The van der Waals surface area contributed by atoms with E-state index in [-0.39, 0.29) is 25.0 Å². The summed E-state index contributed by atoms with van der Waals surface area (Å²) in [6.07, 6.45) is 0. The third-order valence-corrected chi connectivity index (χ3v) is 3.57. The minimum Gasteiger partial charge on any atom is -0.384 e. The first-order valence-electron chi connectivity index (χ1n) is 6.71. The third-order valence-electron chi connectivity index (χ3n) is 3.57. The van der Waals surface area contributed by atoms with E-state index in [2.05, 4.69) is 17.2 Å². The lowest BCUT2D eigenvalue weighted by molar-refractivity contribution is -0.145. The summed E-state index contributed by atoms with van der Waals surface area (Å²) in [5, 5.41) is 11.0. The second kappa shape index (κ2) is 6.08. The number of carbonyl (C=O) groups is 2. The van der Waals surface area contributed by atoms with E-state index in [4.69, 9.17) is 5.11 Å². The molecule has 1 aliphatic heterocycles. The molecule has 1 heterocycles. The number of nitrogens with zero attached hydrogens (tertiary/aromatic N) is 1. The van der Waals surface area contributed by atoms with E-state index < -0.39 is 5.54 Å². The molecular weight excluding hydrogens is 268 g/mol. The summed E-state index contributed by atoms with van der Waals surface area (Å²) in [6.45, 7) is 4.15. The monoisotopic (exact) mass is 286 g/mol. The van der Waals surface area contributed by atoms with Gasteiger partial charge in [0.25, 0.3) is 0 Å². The van der Waals surface area contributed by atoms with Gasteiger partial charge >= 0.3 is 0 Å². The Balaban J connectivity index is 2.13. The van der Waals surface area contributed by atoms with Crippen LogP contribution >= 0.6 is 0 Å². The van der Waals surface area contributed by atoms with Gasteiger partial charge in [-0.05, 0) is 31.5 Å². The maximum atomic E-state index is 11.9. The molecule has 0 atom stereocenters. The summed E-state index contributed by atoms with van der Waals surface area (Å²) < 4.78 is 0. The fourth-order valence-electron chi connectivity index (χ4n) is 2.14. The molecule has 1 fully saturated rings. The van der Waals surface area contributed by atoms with Crippen molar-refractivity contribution in [1.29, 1.82) is 0 Å². The standard InChI is InChI=1S/C16H18N2O3/c1-16(2)15(21)17-14(20)11-18(16)10-13-7-5-12(6-8-13)4-3-9-19/h5-8,19H,9-11H2,1-2H3,(H,17,20,21). The molecule has 0 saturated carbocycles. The van der Waals surface area contributed by atoms with Gasteiger partial charge in [0.05, 0.1) is 12.1 Å². The van der Waals surface area contributed by atoms with E-state index in [1.165, 1.54) is 0 Å². The number of aliphatic hydroxyl groups excluding tert-OH is 1. The molecule has 0 spiro atoms. The van der Waals surface area contributed by atoms with Gasteiger partial charge in [-0.2, -0.15) is 0 Å². The molecule has 0 bridgehead atoms. The molecular formula is C16H18N2O3. The molecule has 0 unspecified atom stereocenters. The van der Waals surface area contributed by atoms with Gasteiger partial charge in [-0.1, -0.05) is 24.0 Å². The summed E-state index contributed by atoms with van der Waals surface area (Å²) in [7, 11) is 0. The largest absolute Gasteiger partial charge is 0.384 e. The summed E-state index contributed by atoms with van der Waals surface area (Å²) >= 11 is 0. The highest BCUT2D eigenvalue weighted by Crippen LogP contribution is 2.21. The zero-order valence-corrected chi connectivity index (χ0v) is 12.1.